The Labute approximate surface area is 118 Å². The monoisotopic (exact) mass is 279 g/mol. The average molecular weight is 279 g/mol. The number of nitrogens with zero attached hydrogens (tertiary/aromatic N) is 1. The second-order valence-corrected chi connectivity index (χ2v) is 5.35. The lowest BCUT2D eigenvalue weighted by molar-refractivity contribution is 0.144. The van der Waals surface area contributed by atoms with Gasteiger partial charge in [0.05, 0.1) is 6.61 Å². The zero-order chi connectivity index (χ0) is 14.5. The molecule has 0 radical (unpaired) electrons. The van der Waals surface area contributed by atoms with Crippen LogP contribution in [0.15, 0.2) is 18.2 Å². The molecule has 110 valence electrons. The Morgan fingerprint density at radius 2 is 2.10 bits per heavy atom. The van der Waals surface area contributed by atoms with Gasteiger partial charge in [0.25, 0.3) is 0 Å². The number of hydrogen-bond donors (Lipinski definition) is 3. The van der Waals surface area contributed by atoms with Gasteiger partial charge < -0.3 is 10.8 Å². The molecule has 0 bridgehead atoms. The Hall–Kier alpha value is -1.46. The molecule has 2 rings (SSSR count). The van der Waals surface area contributed by atoms with Crippen LogP contribution in [0, 0.1) is 11.2 Å². The molecule has 1 fully saturated rings. The summed E-state index contributed by atoms with van der Waals surface area (Å²) < 4.78 is 13.3. The maximum atomic E-state index is 13.3. The molecule has 1 aliphatic rings. The fraction of sp³-hybridized carbons (Fsp3) is 0.533. The Balaban J connectivity index is 2.19. The van der Waals surface area contributed by atoms with Crippen LogP contribution in [0.3, 0.4) is 0 Å². The summed E-state index contributed by atoms with van der Waals surface area (Å²) in [5.41, 5.74) is 6.83. The van der Waals surface area contributed by atoms with Gasteiger partial charge in [-0.15, -0.1) is 0 Å². The Morgan fingerprint density at radius 3 is 2.70 bits per heavy atom. The lowest BCUT2D eigenvalue weighted by Crippen LogP contribution is -2.35. The van der Waals surface area contributed by atoms with Crippen molar-refractivity contribution in [3.8, 4) is 0 Å². The fourth-order valence-corrected chi connectivity index (χ4v) is 2.94. The first kappa shape index (κ1) is 14.9. The number of rotatable bonds is 6. The normalized spacial score (nSPS) is 15.9. The number of aliphatic hydroxyl groups is 1. The minimum absolute atomic E-state index is 0.104. The standard InChI is InChI=1S/C15H22FN3O/c16-12-6-5-11(14(9-12)15(17)18)10-19(7-8-20)13-3-1-2-4-13/h5-6,9,13,20H,1-4,7-8,10H2,(H3,17,18). The van der Waals surface area contributed by atoms with Gasteiger partial charge in [-0.25, -0.2) is 4.39 Å². The van der Waals surface area contributed by atoms with E-state index in [1.54, 1.807) is 6.07 Å². The van der Waals surface area contributed by atoms with Crippen molar-refractivity contribution >= 4 is 5.84 Å². The number of hydrogen-bond acceptors (Lipinski definition) is 3. The highest BCUT2D eigenvalue weighted by Gasteiger charge is 2.23. The molecular formula is C15H22FN3O. The van der Waals surface area contributed by atoms with E-state index in [-0.39, 0.29) is 18.3 Å². The molecule has 0 spiro atoms. The Bertz CT molecular complexity index is 472. The summed E-state index contributed by atoms with van der Waals surface area (Å²) >= 11 is 0. The lowest BCUT2D eigenvalue weighted by Gasteiger charge is -2.28. The molecule has 20 heavy (non-hydrogen) atoms. The van der Waals surface area contributed by atoms with E-state index < -0.39 is 0 Å². The van der Waals surface area contributed by atoms with Crippen molar-refractivity contribution in [1.82, 2.24) is 4.90 Å². The predicted octanol–water partition coefficient (Wildman–Crippen LogP) is 1.85. The van der Waals surface area contributed by atoms with Crippen molar-refractivity contribution in [2.75, 3.05) is 13.2 Å². The van der Waals surface area contributed by atoms with Gasteiger partial charge in [-0.2, -0.15) is 0 Å². The van der Waals surface area contributed by atoms with Crippen LogP contribution in [0.5, 0.6) is 0 Å². The average Bonchev–Trinajstić information content (AvgIpc) is 2.93. The Morgan fingerprint density at radius 1 is 1.40 bits per heavy atom. The molecule has 0 aromatic heterocycles. The summed E-state index contributed by atoms with van der Waals surface area (Å²) in [6, 6.07) is 4.86. The highest BCUT2D eigenvalue weighted by atomic mass is 19.1. The molecule has 1 aliphatic carbocycles. The predicted molar refractivity (Wildman–Crippen MR) is 77.2 cm³/mol. The highest BCUT2D eigenvalue weighted by Crippen LogP contribution is 2.25. The van der Waals surface area contributed by atoms with E-state index in [0.717, 1.165) is 18.4 Å². The minimum atomic E-state index is -0.381. The van der Waals surface area contributed by atoms with E-state index in [4.69, 9.17) is 11.1 Å². The van der Waals surface area contributed by atoms with E-state index in [1.807, 2.05) is 0 Å². The molecule has 0 aliphatic heterocycles. The van der Waals surface area contributed by atoms with Gasteiger partial charge in [-0.1, -0.05) is 18.9 Å². The van der Waals surface area contributed by atoms with Crippen molar-refractivity contribution in [3.05, 3.63) is 35.1 Å². The van der Waals surface area contributed by atoms with Crippen molar-refractivity contribution in [2.24, 2.45) is 5.73 Å². The fourth-order valence-electron chi connectivity index (χ4n) is 2.94. The van der Waals surface area contributed by atoms with Crippen molar-refractivity contribution in [1.29, 1.82) is 5.41 Å². The number of nitrogens with two attached hydrogens (primary N) is 1. The molecule has 0 atom stereocenters. The summed E-state index contributed by atoms with van der Waals surface area (Å²) in [6.07, 6.45) is 4.71. The van der Waals surface area contributed by atoms with Gasteiger partial charge in [0.2, 0.25) is 0 Å². The summed E-state index contributed by atoms with van der Waals surface area (Å²) in [6.45, 7) is 1.30. The molecule has 0 heterocycles. The molecule has 1 saturated carbocycles. The molecule has 0 unspecified atom stereocenters. The zero-order valence-corrected chi connectivity index (χ0v) is 11.6. The molecule has 5 heteroatoms. The minimum Gasteiger partial charge on any atom is -0.395 e. The van der Waals surface area contributed by atoms with Crippen LogP contribution >= 0.6 is 0 Å². The first-order valence-corrected chi connectivity index (χ1v) is 7.09. The first-order chi connectivity index (χ1) is 9.61. The molecule has 0 amide bonds. The van der Waals surface area contributed by atoms with Gasteiger partial charge in [-0.3, -0.25) is 10.3 Å². The highest BCUT2D eigenvalue weighted by molar-refractivity contribution is 5.96. The summed E-state index contributed by atoms with van der Waals surface area (Å²) in [5.74, 6) is -0.497. The van der Waals surface area contributed by atoms with Crippen LogP contribution in [0.1, 0.15) is 36.8 Å². The van der Waals surface area contributed by atoms with E-state index in [9.17, 15) is 9.50 Å². The van der Waals surface area contributed by atoms with Gasteiger partial charge in [0.15, 0.2) is 0 Å². The van der Waals surface area contributed by atoms with Crippen molar-refractivity contribution < 1.29 is 9.50 Å². The number of halogens is 1. The van der Waals surface area contributed by atoms with E-state index in [1.165, 1.54) is 25.0 Å². The number of nitrogen functional groups attached to an aromatic ring is 1. The number of aliphatic hydroxyl groups excluding tert-OH is 1. The Kier molecular flexibility index (Phi) is 5.09. The maximum Gasteiger partial charge on any atom is 0.123 e. The molecule has 4 N–H and O–H groups in total. The lowest BCUT2D eigenvalue weighted by atomic mass is 10.0. The smallest absolute Gasteiger partial charge is 0.123 e. The topological polar surface area (TPSA) is 73.3 Å². The third-order valence-electron chi connectivity index (χ3n) is 3.96. The van der Waals surface area contributed by atoms with Crippen LogP contribution in [-0.4, -0.2) is 35.0 Å². The van der Waals surface area contributed by atoms with E-state index >= 15 is 0 Å². The van der Waals surface area contributed by atoms with Crippen LogP contribution in [-0.2, 0) is 6.54 Å². The number of nitrogens with one attached hydrogen (secondary N) is 1. The van der Waals surface area contributed by atoms with Crippen LogP contribution in [0.25, 0.3) is 0 Å². The van der Waals surface area contributed by atoms with Crippen molar-refractivity contribution in [2.45, 2.75) is 38.3 Å². The molecule has 0 saturated heterocycles. The summed E-state index contributed by atoms with van der Waals surface area (Å²) in [5, 5.41) is 16.8. The third kappa shape index (κ3) is 3.55. The van der Waals surface area contributed by atoms with E-state index in [0.29, 0.717) is 24.7 Å². The third-order valence-corrected chi connectivity index (χ3v) is 3.96. The van der Waals surface area contributed by atoms with Crippen LogP contribution in [0.2, 0.25) is 0 Å². The molecule has 4 nitrogen and oxygen atoms in total. The largest absolute Gasteiger partial charge is 0.395 e. The first-order valence-electron chi connectivity index (χ1n) is 7.09. The van der Waals surface area contributed by atoms with Gasteiger partial charge in [0.1, 0.15) is 11.7 Å². The quantitative estimate of drug-likeness (QED) is 0.549. The molecular weight excluding hydrogens is 257 g/mol. The number of benzene rings is 1. The zero-order valence-electron chi connectivity index (χ0n) is 11.6. The van der Waals surface area contributed by atoms with Crippen molar-refractivity contribution in [3.63, 3.8) is 0 Å². The summed E-state index contributed by atoms with van der Waals surface area (Å²) in [7, 11) is 0. The molecule has 1 aromatic carbocycles. The second kappa shape index (κ2) is 6.81. The molecule has 1 aromatic rings. The number of amidine groups is 1. The SMILES string of the molecule is N=C(N)c1cc(F)ccc1CN(CCO)C1CCCC1. The summed E-state index contributed by atoms with van der Waals surface area (Å²) in [4.78, 5) is 2.21. The van der Waals surface area contributed by atoms with Crippen LogP contribution < -0.4 is 5.73 Å². The van der Waals surface area contributed by atoms with E-state index in [2.05, 4.69) is 4.90 Å². The second-order valence-electron chi connectivity index (χ2n) is 5.35. The van der Waals surface area contributed by atoms with Gasteiger partial charge >= 0.3 is 0 Å². The van der Waals surface area contributed by atoms with Gasteiger partial charge in [-0.05, 0) is 30.5 Å². The van der Waals surface area contributed by atoms with Crippen LogP contribution in [0.4, 0.5) is 4.39 Å². The van der Waals surface area contributed by atoms with Gasteiger partial charge in [0, 0.05) is 24.7 Å². The maximum absolute atomic E-state index is 13.3.